The maximum atomic E-state index is 5.25. The molecule has 242 valence electrons. The molecule has 0 amide bonds. The third-order valence-electron chi connectivity index (χ3n) is 9.54. The van der Waals surface area contributed by atoms with E-state index >= 15 is 0 Å². The van der Waals surface area contributed by atoms with Crippen LogP contribution in [0.1, 0.15) is 55.6 Å². The fourth-order valence-electron chi connectivity index (χ4n) is 7.59. The molecule has 0 fully saturated rings. The summed E-state index contributed by atoms with van der Waals surface area (Å²) < 4.78 is 0. The lowest BCUT2D eigenvalue weighted by Crippen LogP contribution is -2.14. The third kappa shape index (κ3) is 6.15. The van der Waals surface area contributed by atoms with Gasteiger partial charge < -0.3 is 4.90 Å². The molecule has 0 unspecified atom stereocenters. The summed E-state index contributed by atoms with van der Waals surface area (Å²) in [5.41, 5.74) is 19.9. The third-order valence-corrected chi connectivity index (χ3v) is 9.54. The van der Waals surface area contributed by atoms with Crippen molar-refractivity contribution in [2.24, 2.45) is 0 Å². The highest BCUT2D eigenvalue weighted by Crippen LogP contribution is 2.40. The van der Waals surface area contributed by atoms with E-state index in [0.29, 0.717) is 17.5 Å². The minimum absolute atomic E-state index is 0.701. The number of anilines is 2. The van der Waals surface area contributed by atoms with Crippen LogP contribution < -0.4 is 4.90 Å². The molecule has 6 aromatic rings. The summed E-state index contributed by atoms with van der Waals surface area (Å²) in [5.74, 6) is 2.12. The van der Waals surface area contributed by atoms with Gasteiger partial charge in [0.1, 0.15) is 0 Å². The number of rotatable bonds is 6. The van der Waals surface area contributed by atoms with E-state index in [9.17, 15) is 0 Å². The number of nitrogens with zero attached hydrogens (tertiary/aromatic N) is 4. The fraction of sp³-hybridized carbons (Fsp3) is 0.250. The van der Waals surface area contributed by atoms with E-state index in [0.717, 1.165) is 50.3 Å². The normalized spacial score (nSPS) is 11.2. The highest BCUT2D eigenvalue weighted by atomic mass is 15.1. The average Bonchev–Trinajstić information content (AvgIpc) is 3.00. The van der Waals surface area contributed by atoms with Crippen LogP contribution in [-0.2, 0) is 0 Å². The van der Waals surface area contributed by atoms with Crippen LogP contribution in [0.4, 0.5) is 11.4 Å². The first-order valence-corrected chi connectivity index (χ1v) is 16.8. The van der Waals surface area contributed by atoms with Crippen LogP contribution in [0.5, 0.6) is 0 Å². The molecule has 6 rings (SSSR count). The van der Waals surface area contributed by atoms with E-state index < -0.39 is 0 Å². The molecule has 0 radical (unpaired) electrons. The van der Waals surface area contributed by atoms with Gasteiger partial charge in [0.25, 0.3) is 0 Å². The lowest BCUT2D eigenvalue weighted by molar-refractivity contribution is 1.05. The summed E-state index contributed by atoms with van der Waals surface area (Å²) in [6.45, 7) is 21.6. The van der Waals surface area contributed by atoms with Gasteiger partial charge in [-0.2, -0.15) is 0 Å². The maximum Gasteiger partial charge on any atom is 0.164 e. The first-order chi connectivity index (χ1) is 22.8. The van der Waals surface area contributed by atoms with E-state index in [1.165, 1.54) is 44.5 Å². The second kappa shape index (κ2) is 12.8. The first-order valence-electron chi connectivity index (χ1n) is 16.8. The molecule has 4 heteroatoms. The van der Waals surface area contributed by atoms with Crippen molar-refractivity contribution in [2.45, 2.75) is 69.2 Å². The minimum atomic E-state index is 0.701. The molecule has 0 saturated carbocycles. The quantitative estimate of drug-likeness (QED) is 0.184. The summed E-state index contributed by atoms with van der Waals surface area (Å²) in [6, 6.07) is 28.7. The van der Waals surface area contributed by atoms with Gasteiger partial charge in [-0.15, -0.1) is 0 Å². The summed E-state index contributed by atoms with van der Waals surface area (Å²) >= 11 is 0. The molecule has 4 nitrogen and oxygen atoms in total. The topological polar surface area (TPSA) is 41.9 Å². The average molecular weight is 631 g/mol. The zero-order chi connectivity index (χ0) is 34.4. The van der Waals surface area contributed by atoms with E-state index in [4.69, 9.17) is 15.0 Å². The van der Waals surface area contributed by atoms with Crippen LogP contribution >= 0.6 is 0 Å². The van der Waals surface area contributed by atoms with Crippen molar-refractivity contribution in [3.8, 4) is 45.3 Å². The monoisotopic (exact) mass is 630 g/mol. The van der Waals surface area contributed by atoms with E-state index in [1.54, 1.807) is 0 Å². The van der Waals surface area contributed by atoms with Crippen LogP contribution in [-0.4, -0.2) is 22.0 Å². The largest absolute Gasteiger partial charge is 0.344 e. The Labute approximate surface area is 286 Å². The van der Waals surface area contributed by atoms with Crippen molar-refractivity contribution >= 4 is 11.4 Å². The summed E-state index contributed by atoms with van der Waals surface area (Å²) in [6.07, 6.45) is 0. The standard InChI is InChI=1S/C44H46N4/c1-25-19-26(2)23-36(22-25)35-15-17-37(18-16-35)48(11)41-33(9)24-32(8)40(34(41)10)44-46-42(38-28(4)13-12-14-29(38)5)45-43(47-44)39-30(6)20-27(3)21-31(39)7/h12-24H,1-11H3. The van der Waals surface area contributed by atoms with Crippen molar-refractivity contribution in [3.63, 3.8) is 0 Å². The Morgan fingerprint density at radius 3 is 1.42 bits per heavy atom. The van der Waals surface area contributed by atoms with Crippen LogP contribution in [0, 0.1) is 69.2 Å². The van der Waals surface area contributed by atoms with Gasteiger partial charge in [-0.3, -0.25) is 0 Å². The molecule has 0 atom stereocenters. The van der Waals surface area contributed by atoms with Crippen molar-refractivity contribution in [2.75, 3.05) is 11.9 Å². The molecular weight excluding hydrogens is 585 g/mol. The molecule has 0 aliphatic heterocycles. The van der Waals surface area contributed by atoms with Gasteiger partial charge in [-0.1, -0.05) is 83.4 Å². The lowest BCUT2D eigenvalue weighted by Gasteiger charge is -2.27. The zero-order valence-corrected chi connectivity index (χ0v) is 30.3. The second-order valence-electron chi connectivity index (χ2n) is 13.7. The van der Waals surface area contributed by atoms with Gasteiger partial charge in [0.2, 0.25) is 0 Å². The van der Waals surface area contributed by atoms with Crippen molar-refractivity contribution in [1.82, 2.24) is 15.0 Å². The number of benzene rings is 5. The molecule has 0 aliphatic carbocycles. The number of hydrogen-bond donors (Lipinski definition) is 0. The molecule has 1 heterocycles. The molecule has 1 aromatic heterocycles. The number of hydrogen-bond acceptors (Lipinski definition) is 4. The molecule has 0 saturated heterocycles. The van der Waals surface area contributed by atoms with Gasteiger partial charge >= 0.3 is 0 Å². The zero-order valence-electron chi connectivity index (χ0n) is 30.3. The molecule has 0 bridgehead atoms. The van der Waals surface area contributed by atoms with E-state index in [1.807, 2.05) is 0 Å². The molecule has 48 heavy (non-hydrogen) atoms. The maximum absolute atomic E-state index is 5.25. The van der Waals surface area contributed by atoms with Crippen molar-refractivity contribution in [3.05, 3.63) is 134 Å². The predicted octanol–water partition coefficient (Wildman–Crippen LogP) is 11.4. The van der Waals surface area contributed by atoms with Crippen LogP contribution in [0.15, 0.2) is 78.9 Å². The number of aryl methyl sites for hydroxylation is 9. The Morgan fingerprint density at radius 2 is 0.875 bits per heavy atom. The van der Waals surface area contributed by atoms with E-state index in [2.05, 4.69) is 160 Å². The molecular formula is C44H46N4. The predicted molar refractivity (Wildman–Crippen MR) is 203 cm³/mol. The van der Waals surface area contributed by atoms with Crippen LogP contribution in [0.3, 0.4) is 0 Å². The van der Waals surface area contributed by atoms with Gasteiger partial charge in [0.15, 0.2) is 17.5 Å². The Balaban J connectivity index is 1.52. The van der Waals surface area contributed by atoms with Gasteiger partial charge in [0.05, 0.1) is 0 Å². The summed E-state index contributed by atoms with van der Waals surface area (Å²) in [4.78, 5) is 18.0. The Bertz CT molecular complexity index is 2130. The van der Waals surface area contributed by atoms with Crippen LogP contribution in [0.25, 0.3) is 45.3 Å². The first kappa shape index (κ1) is 32.8. The Kier molecular flexibility index (Phi) is 8.78. The molecule has 0 spiro atoms. The molecule has 0 aliphatic rings. The lowest BCUT2D eigenvalue weighted by atomic mass is 9.94. The highest BCUT2D eigenvalue weighted by Gasteiger charge is 2.23. The van der Waals surface area contributed by atoms with Gasteiger partial charge in [0, 0.05) is 35.1 Å². The highest BCUT2D eigenvalue weighted by molar-refractivity contribution is 5.82. The van der Waals surface area contributed by atoms with Gasteiger partial charge in [-0.25, -0.2) is 15.0 Å². The van der Waals surface area contributed by atoms with Crippen molar-refractivity contribution < 1.29 is 0 Å². The SMILES string of the molecule is Cc1cc(C)cc(-c2ccc(N(C)c3c(C)cc(C)c(-c4nc(-c5c(C)cccc5C)nc(-c5c(C)cc(C)cc5C)n4)c3C)cc2)c1. The Morgan fingerprint density at radius 1 is 0.417 bits per heavy atom. The fourth-order valence-corrected chi connectivity index (χ4v) is 7.59. The van der Waals surface area contributed by atoms with E-state index in [-0.39, 0.29) is 0 Å². The molecule has 0 N–H and O–H groups in total. The summed E-state index contributed by atoms with van der Waals surface area (Å²) in [7, 11) is 2.15. The Hall–Kier alpha value is -5.09. The minimum Gasteiger partial charge on any atom is -0.344 e. The van der Waals surface area contributed by atoms with Crippen LogP contribution in [0.2, 0.25) is 0 Å². The van der Waals surface area contributed by atoms with Crippen molar-refractivity contribution in [1.29, 1.82) is 0 Å². The number of aromatic nitrogens is 3. The molecule has 5 aromatic carbocycles. The smallest absolute Gasteiger partial charge is 0.164 e. The summed E-state index contributed by atoms with van der Waals surface area (Å²) in [5, 5.41) is 0. The van der Waals surface area contributed by atoms with Gasteiger partial charge in [-0.05, 0) is 131 Å². The second-order valence-corrected chi connectivity index (χ2v) is 13.7.